The van der Waals surface area contributed by atoms with Gasteiger partial charge in [-0.25, -0.2) is 4.39 Å². The number of aryl methyl sites for hydroxylation is 1. The van der Waals surface area contributed by atoms with Gasteiger partial charge >= 0.3 is 0 Å². The molecule has 0 spiro atoms. The van der Waals surface area contributed by atoms with Crippen LogP contribution in [0.4, 0.5) is 10.1 Å². The molecule has 0 radical (unpaired) electrons. The average Bonchev–Trinajstić information content (AvgIpc) is 3.58. The molecular formula is C28H30FN3O4. The van der Waals surface area contributed by atoms with Gasteiger partial charge in [0.2, 0.25) is 11.8 Å². The molecule has 1 fully saturated rings. The zero-order valence-electron chi connectivity index (χ0n) is 20.4. The molecule has 8 heteroatoms. The molecule has 2 aromatic carbocycles. The van der Waals surface area contributed by atoms with E-state index in [-0.39, 0.29) is 24.3 Å². The van der Waals surface area contributed by atoms with Crippen molar-refractivity contribution in [3.8, 4) is 0 Å². The van der Waals surface area contributed by atoms with Crippen LogP contribution in [0.15, 0.2) is 65.3 Å². The van der Waals surface area contributed by atoms with Crippen LogP contribution in [0.3, 0.4) is 0 Å². The van der Waals surface area contributed by atoms with Crippen molar-refractivity contribution in [2.75, 3.05) is 11.4 Å². The number of halogens is 1. The van der Waals surface area contributed by atoms with Crippen molar-refractivity contribution in [1.82, 2.24) is 10.6 Å². The van der Waals surface area contributed by atoms with Gasteiger partial charge < -0.3 is 15.1 Å². The topological polar surface area (TPSA) is 91.7 Å². The van der Waals surface area contributed by atoms with E-state index in [2.05, 4.69) is 10.6 Å². The quantitative estimate of drug-likeness (QED) is 0.482. The van der Waals surface area contributed by atoms with Gasteiger partial charge in [-0.1, -0.05) is 37.1 Å². The van der Waals surface area contributed by atoms with Crippen LogP contribution in [-0.2, 0) is 9.59 Å². The summed E-state index contributed by atoms with van der Waals surface area (Å²) in [6, 6.07) is 13.1. The lowest BCUT2D eigenvalue weighted by Crippen LogP contribution is -2.49. The number of hydrogen-bond acceptors (Lipinski definition) is 4. The number of carbonyl (C=O) groups excluding carboxylic acids is 3. The van der Waals surface area contributed by atoms with E-state index in [4.69, 9.17) is 4.42 Å². The first-order valence-electron chi connectivity index (χ1n) is 12.1. The highest BCUT2D eigenvalue weighted by Gasteiger charge is 2.35. The molecule has 1 aromatic heterocycles. The molecule has 1 aliphatic carbocycles. The van der Waals surface area contributed by atoms with Gasteiger partial charge in [0, 0.05) is 11.7 Å². The van der Waals surface area contributed by atoms with Crippen LogP contribution in [0.1, 0.15) is 59.0 Å². The summed E-state index contributed by atoms with van der Waals surface area (Å²) < 4.78 is 18.9. The maximum Gasteiger partial charge on any atom is 0.287 e. The summed E-state index contributed by atoms with van der Waals surface area (Å²) in [4.78, 5) is 41.3. The highest BCUT2D eigenvalue weighted by molar-refractivity contribution is 6.04. The number of nitrogens with zero attached hydrogens (tertiary/aromatic N) is 1. The normalized spacial score (nSPS) is 14.3. The van der Waals surface area contributed by atoms with Gasteiger partial charge in [-0.15, -0.1) is 0 Å². The Kier molecular flexibility index (Phi) is 7.83. The second-order valence-electron chi connectivity index (χ2n) is 9.09. The number of carbonyl (C=O) groups is 3. The number of amides is 3. The van der Waals surface area contributed by atoms with Crippen molar-refractivity contribution in [2.24, 2.45) is 0 Å². The maximum atomic E-state index is 13.8. The third-order valence-electron chi connectivity index (χ3n) is 6.64. The fourth-order valence-electron chi connectivity index (χ4n) is 4.56. The Balaban J connectivity index is 1.72. The number of nitrogens with one attached hydrogen (secondary N) is 2. The molecule has 2 N–H and O–H groups in total. The van der Waals surface area contributed by atoms with Crippen LogP contribution in [0.2, 0.25) is 0 Å². The first-order chi connectivity index (χ1) is 17.3. The van der Waals surface area contributed by atoms with Crippen LogP contribution in [0.25, 0.3) is 0 Å². The SMILES string of the molecule is Cc1cccc(N(C(=O)CNC(=O)c2ccco2)[C@@H](C(=O)NC2CCCC2)c2ccc(F)cc2)c1C. The first-order valence-corrected chi connectivity index (χ1v) is 12.1. The molecule has 0 saturated heterocycles. The first kappa shape index (κ1) is 25.2. The summed E-state index contributed by atoms with van der Waals surface area (Å²) in [5.41, 5.74) is 2.78. The minimum absolute atomic E-state index is 0.0228. The minimum atomic E-state index is -1.06. The molecule has 4 rings (SSSR count). The van der Waals surface area contributed by atoms with Gasteiger partial charge in [-0.3, -0.25) is 19.3 Å². The highest BCUT2D eigenvalue weighted by Crippen LogP contribution is 2.32. The van der Waals surface area contributed by atoms with E-state index in [9.17, 15) is 18.8 Å². The Hall–Kier alpha value is -3.94. The van der Waals surface area contributed by atoms with E-state index in [0.717, 1.165) is 36.8 Å². The fraction of sp³-hybridized carbons (Fsp3) is 0.321. The lowest BCUT2D eigenvalue weighted by molar-refractivity contribution is -0.126. The molecule has 188 valence electrons. The molecule has 1 heterocycles. The van der Waals surface area contributed by atoms with Crippen molar-refractivity contribution in [1.29, 1.82) is 0 Å². The minimum Gasteiger partial charge on any atom is -0.459 e. The van der Waals surface area contributed by atoms with Crippen LogP contribution >= 0.6 is 0 Å². The molecule has 3 aromatic rings. The van der Waals surface area contributed by atoms with E-state index < -0.39 is 23.7 Å². The third kappa shape index (κ3) is 5.64. The van der Waals surface area contributed by atoms with Crippen molar-refractivity contribution in [3.63, 3.8) is 0 Å². The molecular weight excluding hydrogens is 461 g/mol. The molecule has 36 heavy (non-hydrogen) atoms. The van der Waals surface area contributed by atoms with Gasteiger partial charge in [0.15, 0.2) is 5.76 Å². The number of hydrogen-bond donors (Lipinski definition) is 2. The number of anilines is 1. The molecule has 3 amide bonds. The molecule has 0 unspecified atom stereocenters. The Bertz CT molecular complexity index is 1220. The van der Waals surface area contributed by atoms with Gasteiger partial charge in [0.25, 0.3) is 5.91 Å². The summed E-state index contributed by atoms with van der Waals surface area (Å²) in [6.45, 7) is 3.44. The molecule has 1 atom stereocenters. The predicted molar refractivity (Wildman–Crippen MR) is 134 cm³/mol. The number of benzene rings is 2. The zero-order valence-corrected chi connectivity index (χ0v) is 20.4. The van der Waals surface area contributed by atoms with Gasteiger partial charge in [0.05, 0.1) is 12.8 Å². The van der Waals surface area contributed by atoms with Crippen molar-refractivity contribution in [2.45, 2.75) is 51.6 Å². The monoisotopic (exact) mass is 491 g/mol. The Labute approximate surface area is 209 Å². The number of rotatable bonds is 8. The fourth-order valence-corrected chi connectivity index (χ4v) is 4.56. The lowest BCUT2D eigenvalue weighted by Gasteiger charge is -2.33. The average molecular weight is 492 g/mol. The summed E-state index contributed by atoms with van der Waals surface area (Å²) >= 11 is 0. The Morgan fingerprint density at radius 3 is 2.42 bits per heavy atom. The summed E-state index contributed by atoms with van der Waals surface area (Å²) in [6.07, 6.45) is 5.18. The van der Waals surface area contributed by atoms with E-state index in [1.54, 1.807) is 12.1 Å². The standard InChI is InChI=1S/C28H30FN3O4/c1-18-7-5-10-23(19(18)2)32(25(33)17-30-27(34)24-11-6-16-36-24)26(20-12-14-21(29)15-13-20)28(35)31-22-8-3-4-9-22/h5-7,10-16,22,26H,3-4,8-9,17H2,1-2H3,(H,30,34)(H,31,35)/t26-/m1/s1. The third-order valence-corrected chi connectivity index (χ3v) is 6.64. The van der Waals surface area contributed by atoms with E-state index in [1.165, 1.54) is 41.5 Å². The van der Waals surface area contributed by atoms with Gasteiger partial charge in [-0.05, 0) is 73.7 Å². The lowest BCUT2D eigenvalue weighted by atomic mass is 9.99. The van der Waals surface area contributed by atoms with Gasteiger partial charge in [-0.2, -0.15) is 0 Å². The molecule has 0 bridgehead atoms. The second kappa shape index (κ2) is 11.2. The highest BCUT2D eigenvalue weighted by atomic mass is 19.1. The molecule has 1 saturated carbocycles. The van der Waals surface area contributed by atoms with Crippen LogP contribution < -0.4 is 15.5 Å². The van der Waals surface area contributed by atoms with Crippen LogP contribution in [0.5, 0.6) is 0 Å². The smallest absolute Gasteiger partial charge is 0.287 e. The van der Waals surface area contributed by atoms with E-state index in [0.29, 0.717) is 11.3 Å². The van der Waals surface area contributed by atoms with Crippen molar-refractivity contribution in [3.05, 3.63) is 89.1 Å². The number of furan rings is 1. The van der Waals surface area contributed by atoms with Crippen molar-refractivity contribution >= 4 is 23.4 Å². The molecule has 0 aliphatic heterocycles. The maximum absolute atomic E-state index is 13.8. The zero-order chi connectivity index (χ0) is 25.7. The molecule has 7 nitrogen and oxygen atoms in total. The molecule has 1 aliphatic rings. The van der Waals surface area contributed by atoms with Crippen molar-refractivity contribution < 1.29 is 23.2 Å². The predicted octanol–water partition coefficient (Wildman–Crippen LogP) is 4.60. The summed E-state index contributed by atoms with van der Waals surface area (Å²) in [5, 5.41) is 5.67. The summed E-state index contributed by atoms with van der Waals surface area (Å²) in [7, 11) is 0. The van der Waals surface area contributed by atoms with Crippen LogP contribution in [0, 0.1) is 19.7 Å². The second-order valence-corrected chi connectivity index (χ2v) is 9.09. The van der Waals surface area contributed by atoms with E-state index >= 15 is 0 Å². The largest absolute Gasteiger partial charge is 0.459 e. The van der Waals surface area contributed by atoms with Crippen LogP contribution in [-0.4, -0.2) is 30.3 Å². The van der Waals surface area contributed by atoms with Gasteiger partial charge in [0.1, 0.15) is 11.9 Å². The summed E-state index contributed by atoms with van der Waals surface area (Å²) in [5.74, 6) is -1.73. The Morgan fingerprint density at radius 1 is 1.03 bits per heavy atom. The Morgan fingerprint density at radius 2 is 1.75 bits per heavy atom. The van der Waals surface area contributed by atoms with E-state index in [1.807, 2.05) is 26.0 Å².